The quantitative estimate of drug-likeness (QED) is 0.888. The predicted octanol–water partition coefficient (Wildman–Crippen LogP) is 3.24. The molecule has 3 rings (SSSR count). The molecule has 1 aromatic carbocycles. The molecule has 7 heteroatoms. The predicted molar refractivity (Wildman–Crippen MR) is 94.2 cm³/mol. The molecule has 1 saturated heterocycles. The number of amides is 1. The summed E-state index contributed by atoms with van der Waals surface area (Å²) in [5, 5.41) is 15.5. The zero-order valence-corrected chi connectivity index (χ0v) is 14.9. The maximum absolute atomic E-state index is 12.3. The van der Waals surface area contributed by atoms with Gasteiger partial charge in [-0.05, 0) is 63.5 Å². The summed E-state index contributed by atoms with van der Waals surface area (Å²) < 4.78 is 0.938. The van der Waals surface area contributed by atoms with Crippen LogP contribution in [0.5, 0.6) is 0 Å². The van der Waals surface area contributed by atoms with Gasteiger partial charge < -0.3 is 10.6 Å². The highest BCUT2D eigenvalue weighted by atomic mass is 32.2. The molecule has 0 atom stereocenters. The molecule has 122 valence electrons. The van der Waals surface area contributed by atoms with Crippen LogP contribution in [0.25, 0.3) is 0 Å². The maximum Gasteiger partial charge on any atom is 0.227 e. The third-order valence-corrected chi connectivity index (χ3v) is 5.76. The summed E-state index contributed by atoms with van der Waals surface area (Å²) in [6.07, 6.45) is 1.82. The van der Waals surface area contributed by atoms with Gasteiger partial charge in [-0.2, -0.15) is 0 Å². The van der Waals surface area contributed by atoms with Gasteiger partial charge in [-0.25, -0.2) is 0 Å². The monoisotopic (exact) mass is 348 g/mol. The second-order valence-corrected chi connectivity index (χ2v) is 8.18. The molecule has 23 heavy (non-hydrogen) atoms. The third kappa shape index (κ3) is 4.31. The molecule has 0 spiro atoms. The fourth-order valence-corrected chi connectivity index (χ4v) is 4.47. The van der Waals surface area contributed by atoms with Gasteiger partial charge in [0, 0.05) is 16.5 Å². The van der Waals surface area contributed by atoms with Crippen LogP contribution < -0.4 is 10.6 Å². The summed E-state index contributed by atoms with van der Waals surface area (Å²) in [7, 11) is 0. The Morgan fingerprint density at radius 1 is 1.30 bits per heavy atom. The minimum Gasteiger partial charge on any atom is -0.326 e. The highest BCUT2D eigenvalue weighted by molar-refractivity contribution is 8.01. The highest BCUT2D eigenvalue weighted by Gasteiger charge is 2.21. The Morgan fingerprint density at radius 3 is 2.74 bits per heavy atom. The Kier molecular flexibility index (Phi) is 5.30. The van der Waals surface area contributed by atoms with Gasteiger partial charge in [0.1, 0.15) is 5.01 Å². The maximum atomic E-state index is 12.3. The number of nitrogens with zero attached hydrogens (tertiary/aromatic N) is 2. The van der Waals surface area contributed by atoms with Crippen LogP contribution in [0, 0.1) is 19.8 Å². The summed E-state index contributed by atoms with van der Waals surface area (Å²) in [5.41, 5.74) is 1.96. The van der Waals surface area contributed by atoms with Crippen molar-refractivity contribution in [3.05, 3.63) is 28.8 Å². The minimum absolute atomic E-state index is 0.120. The van der Waals surface area contributed by atoms with E-state index in [2.05, 4.69) is 26.9 Å². The Hall–Kier alpha value is -1.44. The second kappa shape index (κ2) is 7.42. The van der Waals surface area contributed by atoms with Crippen LogP contribution in [0.4, 0.5) is 5.69 Å². The number of piperidine rings is 1. The number of nitrogens with one attached hydrogen (secondary N) is 2. The van der Waals surface area contributed by atoms with E-state index < -0.39 is 0 Å². The molecule has 0 aliphatic carbocycles. The normalized spacial score (nSPS) is 15.6. The number of carbonyl (C=O) groups is 1. The third-order valence-electron chi connectivity index (χ3n) is 3.88. The van der Waals surface area contributed by atoms with E-state index in [0.29, 0.717) is 0 Å². The average molecular weight is 348 g/mol. The van der Waals surface area contributed by atoms with Crippen LogP contribution >= 0.6 is 23.1 Å². The van der Waals surface area contributed by atoms with Crippen molar-refractivity contribution in [2.45, 2.75) is 35.9 Å². The standard InChI is InChI=1S/C16H20N4OS2/c1-10-9-13(23-16-20-19-11(2)22-16)3-4-14(10)18-15(21)12-5-7-17-8-6-12/h3-4,9,12,17H,5-8H2,1-2H3,(H,18,21). The molecule has 0 unspecified atom stereocenters. The van der Waals surface area contributed by atoms with Gasteiger partial charge in [0.2, 0.25) is 5.91 Å². The van der Waals surface area contributed by atoms with E-state index in [9.17, 15) is 4.79 Å². The van der Waals surface area contributed by atoms with Crippen LogP contribution in [0.3, 0.4) is 0 Å². The Morgan fingerprint density at radius 2 is 2.09 bits per heavy atom. The van der Waals surface area contributed by atoms with Crippen LogP contribution in [0.1, 0.15) is 23.4 Å². The summed E-state index contributed by atoms with van der Waals surface area (Å²) >= 11 is 3.19. The Balaban J connectivity index is 1.65. The van der Waals surface area contributed by atoms with Crippen molar-refractivity contribution < 1.29 is 4.79 Å². The largest absolute Gasteiger partial charge is 0.326 e. The van der Waals surface area contributed by atoms with Crippen molar-refractivity contribution in [1.82, 2.24) is 15.5 Å². The summed E-state index contributed by atoms with van der Waals surface area (Å²) in [5.74, 6) is 0.254. The molecule has 2 heterocycles. The summed E-state index contributed by atoms with van der Waals surface area (Å²) in [6, 6.07) is 6.08. The first-order valence-corrected chi connectivity index (χ1v) is 9.35. The molecular weight excluding hydrogens is 328 g/mol. The van der Waals surface area contributed by atoms with Gasteiger partial charge in [0.25, 0.3) is 0 Å². The molecular formula is C16H20N4OS2. The molecule has 1 aromatic heterocycles. The van der Waals surface area contributed by atoms with E-state index in [1.54, 1.807) is 23.1 Å². The highest BCUT2D eigenvalue weighted by Crippen LogP contribution is 2.32. The molecule has 1 amide bonds. The first-order chi connectivity index (χ1) is 11.1. The number of hydrogen-bond donors (Lipinski definition) is 2. The van der Waals surface area contributed by atoms with Crippen LogP contribution in [-0.2, 0) is 4.79 Å². The number of aryl methyl sites for hydroxylation is 2. The number of benzene rings is 1. The van der Waals surface area contributed by atoms with E-state index in [-0.39, 0.29) is 11.8 Å². The Bertz CT molecular complexity index is 695. The van der Waals surface area contributed by atoms with Crippen LogP contribution in [0.15, 0.2) is 27.4 Å². The van der Waals surface area contributed by atoms with Crippen LogP contribution in [0.2, 0.25) is 0 Å². The van der Waals surface area contributed by atoms with Gasteiger partial charge in [0.15, 0.2) is 4.34 Å². The van der Waals surface area contributed by atoms with Crippen molar-refractivity contribution in [1.29, 1.82) is 0 Å². The number of anilines is 1. The van der Waals surface area contributed by atoms with E-state index in [4.69, 9.17) is 0 Å². The molecule has 0 bridgehead atoms. The average Bonchev–Trinajstić information content (AvgIpc) is 2.96. The van der Waals surface area contributed by atoms with Gasteiger partial charge >= 0.3 is 0 Å². The lowest BCUT2D eigenvalue weighted by Crippen LogP contribution is -2.34. The van der Waals surface area contributed by atoms with Gasteiger partial charge in [-0.3, -0.25) is 4.79 Å². The molecule has 0 saturated carbocycles. The smallest absolute Gasteiger partial charge is 0.227 e. The fraction of sp³-hybridized carbons (Fsp3) is 0.438. The van der Waals surface area contributed by atoms with E-state index in [1.807, 2.05) is 26.0 Å². The van der Waals surface area contributed by atoms with E-state index in [0.717, 1.165) is 51.4 Å². The van der Waals surface area contributed by atoms with Crippen molar-refractivity contribution >= 4 is 34.7 Å². The molecule has 0 radical (unpaired) electrons. The van der Waals surface area contributed by atoms with Gasteiger partial charge in [-0.15, -0.1) is 10.2 Å². The minimum atomic E-state index is 0.120. The van der Waals surface area contributed by atoms with Crippen molar-refractivity contribution in [3.8, 4) is 0 Å². The topological polar surface area (TPSA) is 66.9 Å². The van der Waals surface area contributed by atoms with E-state index >= 15 is 0 Å². The Labute approximate surface area is 144 Å². The zero-order chi connectivity index (χ0) is 16.2. The molecule has 5 nitrogen and oxygen atoms in total. The van der Waals surface area contributed by atoms with Gasteiger partial charge in [0.05, 0.1) is 0 Å². The summed E-state index contributed by atoms with van der Waals surface area (Å²) in [6.45, 7) is 5.82. The molecule has 1 aliphatic heterocycles. The molecule has 2 aromatic rings. The first kappa shape index (κ1) is 16.4. The zero-order valence-electron chi connectivity index (χ0n) is 13.3. The lowest BCUT2D eigenvalue weighted by atomic mass is 9.97. The molecule has 1 fully saturated rings. The fourth-order valence-electron chi connectivity index (χ4n) is 2.58. The van der Waals surface area contributed by atoms with Crippen molar-refractivity contribution in [2.24, 2.45) is 5.92 Å². The van der Waals surface area contributed by atoms with Crippen molar-refractivity contribution in [3.63, 3.8) is 0 Å². The molecule has 1 aliphatic rings. The van der Waals surface area contributed by atoms with Gasteiger partial charge in [-0.1, -0.05) is 23.1 Å². The lowest BCUT2D eigenvalue weighted by Gasteiger charge is -2.22. The number of carbonyl (C=O) groups excluding carboxylic acids is 1. The first-order valence-electron chi connectivity index (χ1n) is 7.72. The number of aromatic nitrogens is 2. The summed E-state index contributed by atoms with van der Waals surface area (Å²) in [4.78, 5) is 13.4. The number of hydrogen-bond acceptors (Lipinski definition) is 6. The SMILES string of the molecule is Cc1nnc(Sc2ccc(NC(=O)C3CCNCC3)c(C)c2)s1. The number of rotatable bonds is 4. The molecule has 2 N–H and O–H groups in total. The second-order valence-electron chi connectivity index (χ2n) is 5.68. The van der Waals surface area contributed by atoms with E-state index in [1.165, 1.54) is 0 Å². The van der Waals surface area contributed by atoms with Crippen molar-refractivity contribution in [2.75, 3.05) is 18.4 Å². The van der Waals surface area contributed by atoms with Crippen LogP contribution in [-0.4, -0.2) is 29.2 Å². The lowest BCUT2D eigenvalue weighted by molar-refractivity contribution is -0.120.